The number of hydrogen-bond donors (Lipinski definition) is 0. The van der Waals surface area contributed by atoms with Crippen LogP contribution in [0.2, 0.25) is 0 Å². The van der Waals surface area contributed by atoms with Gasteiger partial charge < -0.3 is 9.80 Å². The van der Waals surface area contributed by atoms with Crippen LogP contribution in [0.1, 0.15) is 39.3 Å². The molecule has 6 nitrogen and oxygen atoms in total. The Morgan fingerprint density at radius 3 is 2.72 bits per heavy atom. The van der Waals surface area contributed by atoms with Crippen molar-refractivity contribution in [1.29, 1.82) is 0 Å². The summed E-state index contributed by atoms with van der Waals surface area (Å²) in [7, 11) is 0. The molecule has 5 rings (SSSR count). The van der Waals surface area contributed by atoms with Gasteiger partial charge in [-0.2, -0.15) is 0 Å². The number of amides is 2. The van der Waals surface area contributed by atoms with Crippen molar-refractivity contribution in [2.45, 2.75) is 32.7 Å². The summed E-state index contributed by atoms with van der Waals surface area (Å²) in [6.07, 6.45) is 6.07. The number of hydrogen-bond acceptors (Lipinski definition) is 5. The summed E-state index contributed by atoms with van der Waals surface area (Å²) in [5, 5.41) is 0.801. The molecule has 0 N–H and O–H groups in total. The number of carbonyl (C=O) groups excluding carboxylic acids is 2. The minimum absolute atomic E-state index is 0.0170. The molecule has 0 bridgehead atoms. The van der Waals surface area contributed by atoms with E-state index < -0.39 is 0 Å². The fourth-order valence-corrected chi connectivity index (χ4v) is 5.68. The summed E-state index contributed by atoms with van der Waals surface area (Å²) < 4.78 is 0. The number of aryl methyl sites for hydroxylation is 1. The van der Waals surface area contributed by atoms with E-state index in [-0.39, 0.29) is 17.7 Å². The van der Waals surface area contributed by atoms with Crippen LogP contribution in [0.15, 0.2) is 48.8 Å². The van der Waals surface area contributed by atoms with Gasteiger partial charge >= 0.3 is 0 Å². The monoisotopic (exact) mass is 446 g/mol. The SMILES string of the molecule is Cc1nc(-c2cccnc2)sc1C(=O)N1CCCC(C(=O)N2CCc3ccccc3C2)C1. The molecule has 0 saturated carbocycles. The summed E-state index contributed by atoms with van der Waals surface area (Å²) in [5.74, 6) is 0.0229. The van der Waals surface area contributed by atoms with Crippen LogP contribution in [0.4, 0.5) is 0 Å². The lowest BCUT2D eigenvalue weighted by atomic mass is 9.94. The molecule has 1 aromatic carbocycles. The highest BCUT2D eigenvalue weighted by Gasteiger charge is 2.33. The molecule has 0 radical (unpaired) electrons. The fraction of sp³-hybridized carbons (Fsp3) is 0.360. The topological polar surface area (TPSA) is 66.4 Å². The van der Waals surface area contributed by atoms with Crippen LogP contribution in [0.25, 0.3) is 10.6 Å². The first-order valence-corrected chi connectivity index (χ1v) is 11.9. The number of benzene rings is 1. The van der Waals surface area contributed by atoms with Crippen LogP contribution in [-0.4, -0.2) is 51.2 Å². The second-order valence-electron chi connectivity index (χ2n) is 8.54. The van der Waals surface area contributed by atoms with E-state index in [1.54, 1.807) is 12.4 Å². The summed E-state index contributed by atoms with van der Waals surface area (Å²) in [4.78, 5) is 39.9. The van der Waals surface area contributed by atoms with Gasteiger partial charge in [-0.05, 0) is 49.4 Å². The Morgan fingerprint density at radius 1 is 1.06 bits per heavy atom. The van der Waals surface area contributed by atoms with Gasteiger partial charge in [0.1, 0.15) is 9.88 Å². The highest BCUT2D eigenvalue weighted by molar-refractivity contribution is 7.17. The highest BCUT2D eigenvalue weighted by Crippen LogP contribution is 2.30. The van der Waals surface area contributed by atoms with Crippen LogP contribution in [0.3, 0.4) is 0 Å². The first-order valence-electron chi connectivity index (χ1n) is 11.1. The standard InChI is InChI=1S/C25H26N4O2S/c1-17-22(32-23(27-17)19-8-4-11-26-14-19)25(31)28-12-5-9-21(16-28)24(30)29-13-10-18-6-2-3-7-20(18)15-29/h2-4,6-8,11,14,21H,5,9-10,12-13,15-16H2,1H3. The molecule has 164 valence electrons. The molecule has 7 heteroatoms. The summed E-state index contributed by atoms with van der Waals surface area (Å²) in [6.45, 7) is 4.46. The van der Waals surface area contributed by atoms with Crippen LogP contribution in [0, 0.1) is 12.8 Å². The number of aromatic nitrogens is 2. The zero-order valence-corrected chi connectivity index (χ0v) is 19.0. The molecule has 3 aromatic rings. The maximum absolute atomic E-state index is 13.3. The first kappa shape index (κ1) is 20.8. The third kappa shape index (κ3) is 4.05. The van der Waals surface area contributed by atoms with Gasteiger partial charge in [-0.3, -0.25) is 14.6 Å². The van der Waals surface area contributed by atoms with Crippen molar-refractivity contribution in [3.63, 3.8) is 0 Å². The Labute approximate surface area is 191 Å². The van der Waals surface area contributed by atoms with Crippen molar-refractivity contribution >= 4 is 23.2 Å². The molecule has 2 aromatic heterocycles. The molecular formula is C25H26N4O2S. The zero-order valence-electron chi connectivity index (χ0n) is 18.2. The number of piperidine rings is 1. The van der Waals surface area contributed by atoms with Crippen molar-refractivity contribution in [1.82, 2.24) is 19.8 Å². The van der Waals surface area contributed by atoms with Gasteiger partial charge in [0.2, 0.25) is 5.91 Å². The lowest BCUT2D eigenvalue weighted by Gasteiger charge is -2.36. The van der Waals surface area contributed by atoms with Crippen molar-refractivity contribution in [2.24, 2.45) is 5.92 Å². The van der Waals surface area contributed by atoms with Crippen molar-refractivity contribution in [3.8, 4) is 10.6 Å². The van der Waals surface area contributed by atoms with E-state index in [4.69, 9.17) is 0 Å². The van der Waals surface area contributed by atoms with E-state index in [1.165, 1.54) is 22.5 Å². The van der Waals surface area contributed by atoms with E-state index in [1.807, 2.05) is 34.9 Å². The number of nitrogens with zero attached hydrogens (tertiary/aromatic N) is 4. The average molecular weight is 447 g/mol. The highest BCUT2D eigenvalue weighted by atomic mass is 32.1. The van der Waals surface area contributed by atoms with Gasteiger partial charge in [0.25, 0.3) is 5.91 Å². The molecule has 0 aliphatic carbocycles. The molecule has 1 saturated heterocycles. The molecule has 1 fully saturated rings. The first-order chi connectivity index (χ1) is 15.6. The van der Waals surface area contributed by atoms with E-state index >= 15 is 0 Å². The molecule has 2 aliphatic rings. The third-order valence-corrected chi connectivity index (χ3v) is 7.59. The largest absolute Gasteiger partial charge is 0.338 e. The molecule has 1 unspecified atom stereocenters. The second-order valence-corrected chi connectivity index (χ2v) is 9.54. The average Bonchev–Trinajstić information content (AvgIpc) is 3.25. The van der Waals surface area contributed by atoms with Gasteiger partial charge in [-0.15, -0.1) is 11.3 Å². The number of pyridine rings is 1. The molecular weight excluding hydrogens is 420 g/mol. The molecule has 32 heavy (non-hydrogen) atoms. The van der Waals surface area contributed by atoms with Gasteiger partial charge in [0.05, 0.1) is 11.6 Å². The Kier molecular flexibility index (Phi) is 5.74. The molecule has 1 atom stereocenters. The smallest absolute Gasteiger partial charge is 0.265 e. The van der Waals surface area contributed by atoms with E-state index in [9.17, 15) is 9.59 Å². The maximum atomic E-state index is 13.3. The fourth-order valence-electron chi connectivity index (χ4n) is 4.66. The predicted molar refractivity (Wildman–Crippen MR) is 124 cm³/mol. The number of fused-ring (bicyclic) bond motifs is 1. The predicted octanol–water partition coefficient (Wildman–Crippen LogP) is 3.95. The van der Waals surface area contributed by atoms with Crippen molar-refractivity contribution in [2.75, 3.05) is 19.6 Å². The Hall–Kier alpha value is -3.06. The number of thiazole rings is 1. The number of rotatable bonds is 3. The molecule has 4 heterocycles. The summed E-state index contributed by atoms with van der Waals surface area (Å²) in [5.41, 5.74) is 4.22. The minimum Gasteiger partial charge on any atom is -0.338 e. The van der Waals surface area contributed by atoms with Gasteiger partial charge in [0.15, 0.2) is 0 Å². The molecule has 2 amide bonds. The van der Waals surface area contributed by atoms with Crippen LogP contribution >= 0.6 is 11.3 Å². The van der Waals surface area contributed by atoms with E-state index in [2.05, 4.69) is 28.2 Å². The van der Waals surface area contributed by atoms with Crippen LogP contribution in [0.5, 0.6) is 0 Å². The van der Waals surface area contributed by atoms with E-state index in [0.29, 0.717) is 24.5 Å². The van der Waals surface area contributed by atoms with Gasteiger partial charge in [0, 0.05) is 44.1 Å². The minimum atomic E-state index is -0.135. The van der Waals surface area contributed by atoms with E-state index in [0.717, 1.165) is 42.1 Å². The maximum Gasteiger partial charge on any atom is 0.265 e. The second kappa shape index (κ2) is 8.82. The molecule has 2 aliphatic heterocycles. The quantitative estimate of drug-likeness (QED) is 0.611. The normalized spacial score (nSPS) is 18.3. The molecule has 0 spiro atoms. The van der Waals surface area contributed by atoms with Crippen LogP contribution < -0.4 is 0 Å². The van der Waals surface area contributed by atoms with Crippen molar-refractivity contribution < 1.29 is 9.59 Å². The number of carbonyl (C=O) groups is 2. The zero-order chi connectivity index (χ0) is 22.1. The van der Waals surface area contributed by atoms with Crippen LogP contribution in [-0.2, 0) is 17.8 Å². The Bertz CT molecular complexity index is 1140. The summed E-state index contributed by atoms with van der Waals surface area (Å²) >= 11 is 1.41. The lowest BCUT2D eigenvalue weighted by molar-refractivity contribution is -0.137. The van der Waals surface area contributed by atoms with Crippen molar-refractivity contribution in [3.05, 3.63) is 70.5 Å². The summed E-state index contributed by atoms with van der Waals surface area (Å²) in [6, 6.07) is 12.2. The number of likely N-dealkylation sites (tertiary alicyclic amines) is 1. The van der Waals surface area contributed by atoms with Gasteiger partial charge in [-0.25, -0.2) is 4.98 Å². The Morgan fingerprint density at radius 2 is 1.91 bits per heavy atom. The van der Waals surface area contributed by atoms with Gasteiger partial charge in [-0.1, -0.05) is 24.3 Å². The lowest BCUT2D eigenvalue weighted by Crippen LogP contribution is -2.47. The third-order valence-electron chi connectivity index (χ3n) is 6.40. The Balaban J connectivity index is 1.29.